The third-order valence-corrected chi connectivity index (χ3v) is 3.77. The van der Waals surface area contributed by atoms with Crippen molar-refractivity contribution in [1.29, 1.82) is 0 Å². The van der Waals surface area contributed by atoms with Gasteiger partial charge in [-0.1, -0.05) is 44.2 Å². The van der Waals surface area contributed by atoms with Crippen LogP contribution in [0.15, 0.2) is 30.3 Å². The van der Waals surface area contributed by atoms with Crippen LogP contribution in [0.1, 0.15) is 38.3 Å². The molecule has 1 saturated heterocycles. The maximum absolute atomic E-state index is 5.42. The first-order valence-electron chi connectivity index (χ1n) is 7.13. The Morgan fingerprint density at radius 1 is 1.28 bits per heavy atom. The van der Waals surface area contributed by atoms with Crippen molar-refractivity contribution in [2.24, 2.45) is 11.8 Å². The molecule has 0 saturated carbocycles. The molecule has 1 N–H and O–H groups in total. The van der Waals surface area contributed by atoms with E-state index in [0.29, 0.717) is 12.0 Å². The SMILES string of the molecule is CC(C)C(NCCC1CCOC1)c1ccccc1. The average molecular weight is 247 g/mol. The first kappa shape index (κ1) is 13.6. The van der Waals surface area contributed by atoms with Gasteiger partial charge < -0.3 is 10.1 Å². The Labute approximate surface area is 111 Å². The summed E-state index contributed by atoms with van der Waals surface area (Å²) in [7, 11) is 0. The molecule has 0 aliphatic carbocycles. The van der Waals surface area contributed by atoms with E-state index in [1.807, 2.05) is 0 Å². The van der Waals surface area contributed by atoms with E-state index in [9.17, 15) is 0 Å². The van der Waals surface area contributed by atoms with Crippen molar-refractivity contribution >= 4 is 0 Å². The van der Waals surface area contributed by atoms with Gasteiger partial charge in [-0.3, -0.25) is 0 Å². The number of rotatable bonds is 6. The molecule has 2 unspecified atom stereocenters. The molecule has 0 radical (unpaired) electrons. The first-order valence-corrected chi connectivity index (χ1v) is 7.13. The minimum Gasteiger partial charge on any atom is -0.381 e. The van der Waals surface area contributed by atoms with E-state index in [-0.39, 0.29) is 0 Å². The predicted molar refractivity (Wildman–Crippen MR) is 75.6 cm³/mol. The van der Waals surface area contributed by atoms with Crippen molar-refractivity contribution in [3.8, 4) is 0 Å². The van der Waals surface area contributed by atoms with Crippen molar-refractivity contribution < 1.29 is 4.74 Å². The predicted octanol–water partition coefficient (Wildman–Crippen LogP) is 3.40. The summed E-state index contributed by atoms with van der Waals surface area (Å²) in [6.45, 7) is 7.56. The fourth-order valence-corrected chi connectivity index (χ4v) is 2.65. The first-order chi connectivity index (χ1) is 8.77. The number of ether oxygens (including phenoxy) is 1. The van der Waals surface area contributed by atoms with E-state index in [2.05, 4.69) is 49.5 Å². The minimum absolute atomic E-state index is 0.466. The second-order valence-electron chi connectivity index (χ2n) is 5.60. The van der Waals surface area contributed by atoms with Crippen LogP contribution in [-0.4, -0.2) is 19.8 Å². The number of benzene rings is 1. The Morgan fingerprint density at radius 3 is 2.67 bits per heavy atom. The maximum Gasteiger partial charge on any atom is 0.0495 e. The van der Waals surface area contributed by atoms with Crippen LogP contribution in [0.2, 0.25) is 0 Å². The largest absolute Gasteiger partial charge is 0.381 e. The highest BCUT2D eigenvalue weighted by Gasteiger charge is 2.18. The average Bonchev–Trinajstić information content (AvgIpc) is 2.88. The second kappa shape index (κ2) is 6.91. The second-order valence-corrected chi connectivity index (χ2v) is 5.60. The molecule has 1 fully saturated rings. The van der Waals surface area contributed by atoms with Gasteiger partial charge >= 0.3 is 0 Å². The summed E-state index contributed by atoms with van der Waals surface area (Å²) in [6.07, 6.45) is 2.47. The van der Waals surface area contributed by atoms with Gasteiger partial charge in [0.2, 0.25) is 0 Å². The quantitative estimate of drug-likeness (QED) is 0.832. The molecule has 1 aliphatic rings. The lowest BCUT2D eigenvalue weighted by Crippen LogP contribution is -2.27. The van der Waals surface area contributed by atoms with Crippen LogP contribution >= 0.6 is 0 Å². The zero-order valence-electron chi connectivity index (χ0n) is 11.6. The summed E-state index contributed by atoms with van der Waals surface area (Å²) in [5.41, 5.74) is 1.40. The zero-order chi connectivity index (χ0) is 12.8. The lowest BCUT2D eigenvalue weighted by Gasteiger charge is -2.23. The maximum atomic E-state index is 5.42. The Balaban J connectivity index is 1.83. The summed E-state index contributed by atoms with van der Waals surface area (Å²) < 4.78 is 5.42. The standard InChI is InChI=1S/C16H25NO/c1-13(2)16(15-6-4-3-5-7-15)17-10-8-14-9-11-18-12-14/h3-7,13-14,16-17H,8-12H2,1-2H3. The van der Waals surface area contributed by atoms with E-state index in [4.69, 9.17) is 4.74 Å². The molecular weight excluding hydrogens is 222 g/mol. The van der Waals surface area contributed by atoms with Crippen LogP contribution in [-0.2, 0) is 4.74 Å². The van der Waals surface area contributed by atoms with Gasteiger partial charge in [0.15, 0.2) is 0 Å². The van der Waals surface area contributed by atoms with Gasteiger partial charge in [-0.15, -0.1) is 0 Å². The van der Waals surface area contributed by atoms with E-state index in [1.165, 1.54) is 18.4 Å². The van der Waals surface area contributed by atoms with Crippen molar-refractivity contribution in [3.63, 3.8) is 0 Å². The molecule has 0 bridgehead atoms. The molecule has 100 valence electrons. The fraction of sp³-hybridized carbons (Fsp3) is 0.625. The highest BCUT2D eigenvalue weighted by molar-refractivity contribution is 5.19. The number of hydrogen-bond acceptors (Lipinski definition) is 2. The Hall–Kier alpha value is -0.860. The molecule has 2 rings (SSSR count). The van der Waals surface area contributed by atoms with E-state index in [0.717, 1.165) is 25.7 Å². The topological polar surface area (TPSA) is 21.3 Å². The van der Waals surface area contributed by atoms with Gasteiger partial charge in [0.05, 0.1) is 0 Å². The van der Waals surface area contributed by atoms with Gasteiger partial charge in [-0.05, 0) is 36.8 Å². The zero-order valence-corrected chi connectivity index (χ0v) is 11.6. The molecule has 1 heterocycles. The van der Waals surface area contributed by atoms with Crippen molar-refractivity contribution in [1.82, 2.24) is 5.32 Å². The van der Waals surface area contributed by atoms with Crippen LogP contribution in [0.3, 0.4) is 0 Å². The summed E-state index contributed by atoms with van der Waals surface area (Å²) >= 11 is 0. The van der Waals surface area contributed by atoms with Crippen LogP contribution in [0.25, 0.3) is 0 Å². The molecule has 18 heavy (non-hydrogen) atoms. The Kier molecular flexibility index (Phi) is 5.21. The number of hydrogen-bond donors (Lipinski definition) is 1. The molecule has 2 heteroatoms. The molecule has 1 aromatic rings. The molecule has 2 nitrogen and oxygen atoms in total. The Bertz CT molecular complexity index is 330. The molecule has 0 aromatic heterocycles. The summed E-state index contributed by atoms with van der Waals surface area (Å²) in [5, 5.41) is 3.71. The summed E-state index contributed by atoms with van der Waals surface area (Å²) in [6, 6.07) is 11.2. The van der Waals surface area contributed by atoms with Crippen molar-refractivity contribution in [2.45, 2.75) is 32.7 Å². The molecule has 2 atom stereocenters. The smallest absolute Gasteiger partial charge is 0.0495 e. The lowest BCUT2D eigenvalue weighted by molar-refractivity contribution is 0.183. The van der Waals surface area contributed by atoms with Gasteiger partial charge in [0.25, 0.3) is 0 Å². The summed E-state index contributed by atoms with van der Waals surface area (Å²) in [4.78, 5) is 0. The van der Waals surface area contributed by atoms with Crippen LogP contribution < -0.4 is 5.32 Å². The van der Waals surface area contributed by atoms with E-state index < -0.39 is 0 Å². The van der Waals surface area contributed by atoms with Crippen LogP contribution in [0.5, 0.6) is 0 Å². The summed E-state index contributed by atoms with van der Waals surface area (Å²) in [5.74, 6) is 1.38. The van der Waals surface area contributed by atoms with Gasteiger partial charge in [-0.2, -0.15) is 0 Å². The number of nitrogens with one attached hydrogen (secondary N) is 1. The van der Waals surface area contributed by atoms with Crippen LogP contribution in [0.4, 0.5) is 0 Å². The van der Waals surface area contributed by atoms with Gasteiger partial charge in [0.1, 0.15) is 0 Å². The molecule has 1 aliphatic heterocycles. The van der Waals surface area contributed by atoms with Gasteiger partial charge in [0, 0.05) is 19.3 Å². The highest BCUT2D eigenvalue weighted by Crippen LogP contribution is 2.22. The van der Waals surface area contributed by atoms with Crippen molar-refractivity contribution in [3.05, 3.63) is 35.9 Å². The normalized spacial score (nSPS) is 21.4. The lowest BCUT2D eigenvalue weighted by atomic mass is 9.95. The third-order valence-electron chi connectivity index (χ3n) is 3.77. The molecule has 1 aromatic carbocycles. The third kappa shape index (κ3) is 3.82. The van der Waals surface area contributed by atoms with E-state index >= 15 is 0 Å². The molecule has 0 amide bonds. The fourth-order valence-electron chi connectivity index (χ4n) is 2.65. The minimum atomic E-state index is 0.466. The Morgan fingerprint density at radius 2 is 2.06 bits per heavy atom. The van der Waals surface area contributed by atoms with Crippen LogP contribution in [0, 0.1) is 11.8 Å². The molecule has 0 spiro atoms. The van der Waals surface area contributed by atoms with Crippen molar-refractivity contribution in [2.75, 3.05) is 19.8 Å². The highest BCUT2D eigenvalue weighted by atomic mass is 16.5. The van der Waals surface area contributed by atoms with E-state index in [1.54, 1.807) is 0 Å². The van der Waals surface area contributed by atoms with Gasteiger partial charge in [-0.25, -0.2) is 0 Å². The monoisotopic (exact) mass is 247 g/mol. The molecular formula is C16H25NO.